The van der Waals surface area contributed by atoms with E-state index in [1.807, 2.05) is 51.2 Å². The molecule has 0 unspecified atom stereocenters. The number of methoxy groups -OCH3 is 2. The number of ether oxygens (including phenoxy) is 2. The fourth-order valence-electron chi connectivity index (χ4n) is 9.70. The molecule has 4 rings (SSSR count). The fraction of sp³-hybridized carbons (Fsp3) is 0.738. The van der Waals surface area contributed by atoms with Crippen LogP contribution in [0.1, 0.15) is 85.6 Å². The van der Waals surface area contributed by atoms with Crippen molar-refractivity contribution in [3.05, 3.63) is 35.9 Å². The second-order valence-corrected chi connectivity index (χ2v) is 17.7. The number of piperidine rings is 1. The Labute approximate surface area is 342 Å². The van der Waals surface area contributed by atoms with Crippen LogP contribution in [-0.4, -0.2) is 125 Å². The molecular weight excluding hydrogens is 813 g/mol. The third-order valence-electron chi connectivity index (χ3n) is 13.1. The largest absolute Gasteiger partial charge is 0.379 e. The zero-order chi connectivity index (χ0) is 40.7. The van der Waals surface area contributed by atoms with Gasteiger partial charge in [-0.3, -0.25) is 28.9 Å². The zero-order valence-electron chi connectivity index (χ0n) is 34.6. The molecule has 2 bridgehead atoms. The van der Waals surface area contributed by atoms with Gasteiger partial charge in [-0.2, -0.15) is 0 Å². The van der Waals surface area contributed by atoms with Crippen molar-refractivity contribution in [1.29, 1.82) is 0 Å². The predicted octanol–water partition coefficient (Wildman–Crippen LogP) is 4.47. The summed E-state index contributed by atoms with van der Waals surface area (Å²) in [4.78, 5) is 74.2. The lowest BCUT2D eigenvalue weighted by atomic mass is 9.89. The van der Waals surface area contributed by atoms with Gasteiger partial charge in [0, 0.05) is 62.9 Å². The van der Waals surface area contributed by atoms with Crippen LogP contribution in [0.3, 0.4) is 0 Å². The number of benzene rings is 1. The Bertz CT molecular complexity index is 1480. The van der Waals surface area contributed by atoms with Gasteiger partial charge in [0.2, 0.25) is 27.4 Å². The Morgan fingerprint density at radius 1 is 0.982 bits per heavy atom. The highest BCUT2D eigenvalue weighted by atomic mass is 127. The van der Waals surface area contributed by atoms with Crippen molar-refractivity contribution in [3.63, 3.8) is 0 Å². The van der Waals surface area contributed by atoms with Gasteiger partial charge in [0.05, 0.1) is 42.7 Å². The van der Waals surface area contributed by atoms with E-state index in [0.29, 0.717) is 31.3 Å². The molecule has 2 saturated heterocycles. The molecule has 12 atom stereocenters. The van der Waals surface area contributed by atoms with E-state index in [9.17, 15) is 24.0 Å². The summed E-state index contributed by atoms with van der Waals surface area (Å²) in [5, 5.41) is 6.08. The molecule has 2 aliphatic heterocycles. The van der Waals surface area contributed by atoms with E-state index in [1.54, 1.807) is 60.6 Å². The van der Waals surface area contributed by atoms with Gasteiger partial charge in [0.25, 0.3) is 0 Å². The van der Waals surface area contributed by atoms with Gasteiger partial charge >= 0.3 is 0 Å². The van der Waals surface area contributed by atoms with Crippen molar-refractivity contribution in [3.8, 4) is 0 Å². The molecule has 0 spiro atoms. The first-order valence-electron chi connectivity index (χ1n) is 20.2. The highest BCUT2D eigenvalue weighted by molar-refractivity contribution is 14.1. The lowest BCUT2D eigenvalue weighted by Crippen LogP contribution is -2.60. The molecule has 12 nitrogen and oxygen atoms in total. The van der Waals surface area contributed by atoms with E-state index >= 15 is 0 Å². The number of rotatable bonds is 19. The van der Waals surface area contributed by atoms with E-state index in [2.05, 4.69) is 36.3 Å². The highest BCUT2D eigenvalue weighted by Gasteiger charge is 2.53. The lowest BCUT2D eigenvalue weighted by molar-refractivity contribution is -0.148. The summed E-state index contributed by atoms with van der Waals surface area (Å²) in [5.74, 6) is -0.806. The first kappa shape index (κ1) is 45.1. The maximum absolute atomic E-state index is 14.4. The quantitative estimate of drug-likeness (QED) is 0.154. The number of likely N-dealkylation sites (tertiary alicyclic amines) is 2. The van der Waals surface area contributed by atoms with Crippen LogP contribution in [0.25, 0.3) is 0 Å². The molecule has 0 radical (unpaired) electrons. The Hall–Kier alpha value is -2.62. The number of fused-ring (bicyclic) bond motifs is 2. The first-order valence-corrected chi connectivity index (χ1v) is 21.3. The van der Waals surface area contributed by atoms with Crippen molar-refractivity contribution in [2.75, 3.05) is 34.9 Å². The minimum Gasteiger partial charge on any atom is -0.379 e. The molecule has 0 aromatic heterocycles. The molecule has 1 aromatic rings. The van der Waals surface area contributed by atoms with Crippen molar-refractivity contribution >= 4 is 50.0 Å². The van der Waals surface area contributed by atoms with E-state index in [-0.39, 0.29) is 63.7 Å². The number of likely N-dealkylation sites (N-methyl/N-ethyl adjacent to an activating group) is 2. The van der Waals surface area contributed by atoms with Gasteiger partial charge in [0.1, 0.15) is 12.1 Å². The monoisotopic (exact) mass is 879 g/mol. The van der Waals surface area contributed by atoms with Crippen LogP contribution in [-0.2, 0) is 39.9 Å². The van der Waals surface area contributed by atoms with Gasteiger partial charge in [-0.05, 0) is 62.0 Å². The number of halogens is 1. The zero-order valence-corrected chi connectivity index (χ0v) is 36.8. The second kappa shape index (κ2) is 20.2. The Morgan fingerprint density at radius 2 is 1.65 bits per heavy atom. The molecule has 1 aliphatic carbocycles. The van der Waals surface area contributed by atoms with Gasteiger partial charge in [-0.1, -0.05) is 78.3 Å². The van der Waals surface area contributed by atoms with Crippen LogP contribution >= 0.6 is 22.6 Å². The Morgan fingerprint density at radius 3 is 2.20 bits per heavy atom. The number of nitrogens with zero attached hydrogens (tertiary/aromatic N) is 3. The SMILES string of the molecule is CC[C@H](C)[C@@H]([C@@H](CC(=O)N1CCC[C@H]1[C@H](OC)[C@@H](C)C(=O)N[C@@H](Cc1ccccc1)C(=O)I)OC)N(C)C(=O)[C@@H](NC(=O)[C@@H]1[C@H]2CC[C@@H]([C@H]2C)N1C)C(C)C. The molecule has 4 amide bonds. The van der Waals surface area contributed by atoms with Crippen LogP contribution in [0.4, 0.5) is 0 Å². The normalized spacial score (nSPS) is 26.2. The topological polar surface area (TPSA) is 138 Å². The summed E-state index contributed by atoms with van der Waals surface area (Å²) in [6.45, 7) is 12.5. The number of amides is 4. The third kappa shape index (κ3) is 10.3. The second-order valence-electron chi connectivity index (χ2n) is 16.7. The van der Waals surface area contributed by atoms with E-state index in [0.717, 1.165) is 31.2 Å². The molecule has 2 N–H and O–H groups in total. The van der Waals surface area contributed by atoms with Crippen LogP contribution in [0.5, 0.6) is 0 Å². The van der Waals surface area contributed by atoms with E-state index in [1.165, 1.54) is 0 Å². The first-order chi connectivity index (χ1) is 26.1. The molecule has 1 saturated carbocycles. The lowest BCUT2D eigenvalue weighted by Gasteiger charge is -2.41. The van der Waals surface area contributed by atoms with Gasteiger partial charge in [-0.15, -0.1) is 0 Å². The molecule has 55 heavy (non-hydrogen) atoms. The summed E-state index contributed by atoms with van der Waals surface area (Å²) in [6.07, 6.45) is 3.49. The number of nitrogens with one attached hydrogen (secondary N) is 2. The summed E-state index contributed by atoms with van der Waals surface area (Å²) in [7, 11) is 6.91. The molecule has 1 aromatic carbocycles. The Kier molecular flexibility index (Phi) is 16.5. The fourth-order valence-corrected chi connectivity index (χ4v) is 10.1. The minimum absolute atomic E-state index is 0.0120. The maximum Gasteiger partial charge on any atom is 0.245 e. The summed E-state index contributed by atoms with van der Waals surface area (Å²) in [6, 6.07) is 7.49. The third-order valence-corrected chi connectivity index (χ3v) is 13.8. The maximum atomic E-state index is 14.4. The number of hydrogen-bond acceptors (Lipinski definition) is 8. The highest BCUT2D eigenvalue weighted by Crippen LogP contribution is 2.46. The van der Waals surface area contributed by atoms with Crippen molar-refractivity contribution in [2.45, 2.75) is 135 Å². The van der Waals surface area contributed by atoms with Crippen LogP contribution in [0.15, 0.2) is 30.3 Å². The summed E-state index contributed by atoms with van der Waals surface area (Å²) >= 11 is 1.73. The van der Waals surface area contributed by atoms with Crippen LogP contribution < -0.4 is 10.6 Å². The number of carbonyl (C=O) groups is 5. The number of carbonyl (C=O) groups excluding carboxylic acids is 5. The molecule has 3 aliphatic rings. The van der Waals surface area contributed by atoms with Crippen molar-refractivity contribution in [2.24, 2.45) is 29.6 Å². The van der Waals surface area contributed by atoms with Gasteiger partial charge < -0.3 is 29.9 Å². The molecule has 13 heteroatoms. The average molecular weight is 880 g/mol. The molecule has 3 fully saturated rings. The predicted molar refractivity (Wildman–Crippen MR) is 221 cm³/mol. The van der Waals surface area contributed by atoms with Gasteiger partial charge in [0.15, 0.2) is 0 Å². The number of hydrogen-bond donors (Lipinski definition) is 2. The minimum atomic E-state index is -0.729. The smallest absolute Gasteiger partial charge is 0.245 e. The van der Waals surface area contributed by atoms with Crippen LogP contribution in [0, 0.1) is 29.6 Å². The molecule has 2 heterocycles. The summed E-state index contributed by atoms with van der Waals surface area (Å²) in [5.41, 5.74) is 0.944. The van der Waals surface area contributed by atoms with Gasteiger partial charge in [-0.25, -0.2) is 0 Å². The van der Waals surface area contributed by atoms with E-state index < -0.39 is 36.3 Å². The van der Waals surface area contributed by atoms with E-state index in [4.69, 9.17) is 9.47 Å². The van der Waals surface area contributed by atoms with Crippen molar-refractivity contribution in [1.82, 2.24) is 25.3 Å². The van der Waals surface area contributed by atoms with Crippen molar-refractivity contribution < 1.29 is 33.4 Å². The summed E-state index contributed by atoms with van der Waals surface area (Å²) < 4.78 is 11.8. The Balaban J connectivity index is 1.46. The molecule has 308 valence electrons. The van der Waals surface area contributed by atoms with Crippen LogP contribution in [0.2, 0.25) is 0 Å². The standard InChI is InChI=1S/C42H66IN5O7/c1-11-25(4)36(47(8)42(53)35(24(2)3)45-41(52)37-29-19-20-31(26(29)5)46(37)7)33(54-9)23-34(49)48-21-15-18-32(48)38(55-10)27(6)40(51)44-30(39(43)50)22-28-16-13-12-14-17-28/h12-14,16-17,24-27,29-33,35-38H,11,15,18-23H2,1-10H3,(H,44,51)(H,45,52)/t25-,26-,27+,29-,30-,31-,32-,33+,35-,36-,37-,38+/m0/s1. The molecular formula is C42H66IN5O7. The average Bonchev–Trinajstić information content (AvgIpc) is 3.86.